The van der Waals surface area contributed by atoms with Crippen molar-refractivity contribution in [2.45, 2.75) is 58.2 Å². The second-order valence-electron chi connectivity index (χ2n) is 4.51. The van der Waals surface area contributed by atoms with Gasteiger partial charge in [0.25, 0.3) is 0 Å². The number of hydrogen-bond acceptors (Lipinski definition) is 2. The summed E-state index contributed by atoms with van der Waals surface area (Å²) in [7, 11) is 1.82. The zero-order valence-corrected chi connectivity index (χ0v) is 9.34. The number of hydrogen-bond donors (Lipinski definition) is 1. The van der Waals surface area contributed by atoms with Gasteiger partial charge in [0.15, 0.2) is 0 Å². The van der Waals surface area contributed by atoms with Crippen LogP contribution >= 0.6 is 0 Å². The first-order valence-electron chi connectivity index (χ1n) is 5.44. The predicted molar refractivity (Wildman–Crippen MR) is 55.9 cm³/mol. The Balaban J connectivity index is 2.34. The van der Waals surface area contributed by atoms with Crippen molar-refractivity contribution in [2.24, 2.45) is 5.92 Å². The predicted octanol–water partition coefficient (Wildman–Crippen LogP) is 2.19. The molecule has 0 aliphatic heterocycles. The lowest BCUT2D eigenvalue weighted by atomic mass is 10.0. The van der Waals surface area contributed by atoms with Crippen LogP contribution in [0.1, 0.15) is 40.0 Å². The van der Waals surface area contributed by atoms with Crippen LogP contribution in [0.25, 0.3) is 0 Å². The van der Waals surface area contributed by atoms with E-state index in [9.17, 15) is 0 Å². The van der Waals surface area contributed by atoms with Gasteiger partial charge in [0.1, 0.15) is 0 Å². The average molecular weight is 185 g/mol. The lowest BCUT2D eigenvalue weighted by Crippen LogP contribution is -2.44. The van der Waals surface area contributed by atoms with Gasteiger partial charge < -0.3 is 10.1 Å². The van der Waals surface area contributed by atoms with Crippen LogP contribution in [0.2, 0.25) is 0 Å². The van der Waals surface area contributed by atoms with Crippen LogP contribution in [0.3, 0.4) is 0 Å². The van der Waals surface area contributed by atoms with Crippen molar-refractivity contribution in [3.05, 3.63) is 0 Å². The summed E-state index contributed by atoms with van der Waals surface area (Å²) in [6, 6.07) is 1.18. The van der Waals surface area contributed by atoms with Crippen LogP contribution in [-0.4, -0.2) is 25.3 Å². The first-order chi connectivity index (χ1) is 6.15. The maximum Gasteiger partial charge on any atom is 0.0724 e. The minimum Gasteiger partial charge on any atom is -0.380 e. The maximum absolute atomic E-state index is 5.44. The van der Waals surface area contributed by atoms with Gasteiger partial charge in [-0.1, -0.05) is 13.8 Å². The van der Waals surface area contributed by atoms with Crippen molar-refractivity contribution in [2.75, 3.05) is 7.11 Å². The summed E-state index contributed by atoms with van der Waals surface area (Å²) >= 11 is 0. The zero-order chi connectivity index (χ0) is 9.84. The highest BCUT2D eigenvalue weighted by Crippen LogP contribution is 2.22. The van der Waals surface area contributed by atoms with Crippen LogP contribution in [0, 0.1) is 5.92 Å². The Morgan fingerprint density at radius 3 is 2.46 bits per heavy atom. The van der Waals surface area contributed by atoms with Crippen molar-refractivity contribution in [1.82, 2.24) is 5.32 Å². The molecule has 2 nitrogen and oxygen atoms in total. The van der Waals surface area contributed by atoms with Gasteiger partial charge in [-0.15, -0.1) is 0 Å². The third-order valence-electron chi connectivity index (χ3n) is 3.23. The van der Waals surface area contributed by atoms with E-state index in [4.69, 9.17) is 4.74 Å². The van der Waals surface area contributed by atoms with Crippen molar-refractivity contribution < 1.29 is 4.74 Å². The Labute approximate surface area is 82.0 Å². The summed E-state index contributed by atoms with van der Waals surface area (Å²) < 4.78 is 5.44. The average Bonchev–Trinajstić information content (AvgIpc) is 2.51. The molecule has 1 fully saturated rings. The molecule has 0 aromatic heterocycles. The lowest BCUT2D eigenvalue weighted by molar-refractivity contribution is 0.0798. The van der Waals surface area contributed by atoms with Gasteiger partial charge in [0.2, 0.25) is 0 Å². The standard InChI is InChI=1S/C11H23NO/c1-8(2)9(3)12-10-6-5-7-11(10)13-4/h8-12H,5-7H2,1-4H3. The van der Waals surface area contributed by atoms with Crippen LogP contribution in [-0.2, 0) is 4.74 Å². The molecule has 3 atom stereocenters. The Morgan fingerprint density at radius 1 is 1.23 bits per heavy atom. The van der Waals surface area contributed by atoms with Gasteiger partial charge in [-0.2, -0.15) is 0 Å². The van der Waals surface area contributed by atoms with E-state index in [1.54, 1.807) is 0 Å². The topological polar surface area (TPSA) is 21.3 Å². The molecule has 13 heavy (non-hydrogen) atoms. The molecular formula is C11H23NO. The fraction of sp³-hybridized carbons (Fsp3) is 1.00. The monoisotopic (exact) mass is 185 g/mol. The fourth-order valence-corrected chi connectivity index (χ4v) is 1.93. The molecule has 0 bridgehead atoms. The lowest BCUT2D eigenvalue weighted by Gasteiger charge is -2.26. The van der Waals surface area contributed by atoms with Gasteiger partial charge in [-0.3, -0.25) is 0 Å². The minimum atomic E-state index is 0.446. The molecule has 3 unspecified atom stereocenters. The molecule has 1 aliphatic rings. The van der Waals surface area contributed by atoms with Crippen LogP contribution in [0.4, 0.5) is 0 Å². The van der Waals surface area contributed by atoms with Crippen molar-refractivity contribution in [3.63, 3.8) is 0 Å². The van der Waals surface area contributed by atoms with Gasteiger partial charge in [0, 0.05) is 19.2 Å². The first-order valence-corrected chi connectivity index (χ1v) is 5.44. The molecule has 0 spiro atoms. The van der Waals surface area contributed by atoms with E-state index in [1.807, 2.05) is 7.11 Å². The largest absolute Gasteiger partial charge is 0.380 e. The second-order valence-corrected chi connectivity index (χ2v) is 4.51. The molecule has 1 aliphatic carbocycles. The Bertz CT molecular complexity index is 147. The minimum absolute atomic E-state index is 0.446. The van der Waals surface area contributed by atoms with Crippen molar-refractivity contribution in [1.29, 1.82) is 0 Å². The molecule has 2 heteroatoms. The number of methoxy groups -OCH3 is 1. The first kappa shape index (κ1) is 11.0. The van der Waals surface area contributed by atoms with E-state index in [-0.39, 0.29) is 0 Å². The summed E-state index contributed by atoms with van der Waals surface area (Å²) in [5, 5.41) is 3.65. The number of ether oxygens (including phenoxy) is 1. The van der Waals surface area contributed by atoms with E-state index >= 15 is 0 Å². The maximum atomic E-state index is 5.44. The van der Waals surface area contributed by atoms with Gasteiger partial charge >= 0.3 is 0 Å². The smallest absolute Gasteiger partial charge is 0.0724 e. The highest BCUT2D eigenvalue weighted by atomic mass is 16.5. The zero-order valence-electron chi connectivity index (χ0n) is 9.34. The molecule has 1 saturated carbocycles. The molecular weight excluding hydrogens is 162 g/mol. The van der Waals surface area contributed by atoms with Crippen molar-refractivity contribution >= 4 is 0 Å². The second kappa shape index (κ2) is 4.97. The molecule has 1 N–H and O–H groups in total. The molecule has 0 amide bonds. The molecule has 1 rings (SSSR count). The van der Waals surface area contributed by atoms with Crippen LogP contribution in [0.5, 0.6) is 0 Å². The molecule has 0 radical (unpaired) electrons. The van der Waals surface area contributed by atoms with E-state index in [0.29, 0.717) is 24.1 Å². The highest BCUT2D eigenvalue weighted by molar-refractivity contribution is 4.86. The third kappa shape index (κ3) is 2.96. The van der Waals surface area contributed by atoms with Crippen molar-refractivity contribution in [3.8, 4) is 0 Å². The SMILES string of the molecule is COC1CCCC1NC(C)C(C)C. The van der Waals surface area contributed by atoms with E-state index < -0.39 is 0 Å². The quantitative estimate of drug-likeness (QED) is 0.725. The summed E-state index contributed by atoms with van der Waals surface area (Å²) in [5.74, 6) is 0.707. The van der Waals surface area contributed by atoms with E-state index in [2.05, 4.69) is 26.1 Å². The molecule has 0 aromatic carbocycles. The van der Waals surface area contributed by atoms with E-state index in [1.165, 1.54) is 19.3 Å². The molecule has 0 aromatic rings. The molecule has 0 heterocycles. The molecule has 78 valence electrons. The summed E-state index contributed by atoms with van der Waals surface area (Å²) in [6.45, 7) is 6.78. The van der Waals surface area contributed by atoms with Crippen LogP contribution < -0.4 is 5.32 Å². The summed E-state index contributed by atoms with van der Waals surface area (Å²) in [5.41, 5.74) is 0. The summed E-state index contributed by atoms with van der Waals surface area (Å²) in [4.78, 5) is 0. The van der Waals surface area contributed by atoms with Gasteiger partial charge in [-0.25, -0.2) is 0 Å². The Kier molecular flexibility index (Phi) is 4.20. The Morgan fingerprint density at radius 2 is 1.92 bits per heavy atom. The summed E-state index contributed by atoms with van der Waals surface area (Å²) in [6.07, 6.45) is 4.25. The fourth-order valence-electron chi connectivity index (χ4n) is 1.93. The van der Waals surface area contributed by atoms with Gasteiger partial charge in [0.05, 0.1) is 6.10 Å². The third-order valence-corrected chi connectivity index (χ3v) is 3.23. The number of rotatable bonds is 4. The Hall–Kier alpha value is -0.0800. The molecule has 0 saturated heterocycles. The number of nitrogens with one attached hydrogen (secondary N) is 1. The van der Waals surface area contributed by atoms with Crippen LogP contribution in [0.15, 0.2) is 0 Å². The highest BCUT2D eigenvalue weighted by Gasteiger charge is 2.28. The van der Waals surface area contributed by atoms with Gasteiger partial charge in [-0.05, 0) is 32.1 Å². The van der Waals surface area contributed by atoms with E-state index in [0.717, 1.165) is 0 Å². The normalized spacial score (nSPS) is 31.2.